The van der Waals surface area contributed by atoms with Gasteiger partial charge < -0.3 is 23.9 Å². The van der Waals surface area contributed by atoms with Crippen molar-refractivity contribution in [2.75, 3.05) is 34.0 Å². The molecule has 3 aromatic carbocycles. The summed E-state index contributed by atoms with van der Waals surface area (Å²) in [4.78, 5) is 12.9. The van der Waals surface area contributed by atoms with Crippen LogP contribution in [-0.2, 0) is 47.4 Å². The monoisotopic (exact) mass is 759 g/mol. The number of hydrogen-bond acceptors (Lipinski definition) is 7. The average molecular weight is 760 g/mol. The van der Waals surface area contributed by atoms with Gasteiger partial charge in [0.1, 0.15) is 17.3 Å². The second-order valence-electron chi connectivity index (χ2n) is 13.6. The molecule has 0 saturated carbocycles. The van der Waals surface area contributed by atoms with Crippen molar-refractivity contribution in [3.05, 3.63) is 99.0 Å². The molecule has 13 heteroatoms. The smallest absolute Gasteiger partial charge is 0.352 e. The zero-order chi connectivity index (χ0) is 37.4. The molecule has 0 atom stereocenters. The summed E-state index contributed by atoms with van der Waals surface area (Å²) in [5.41, 5.74) is 8.05. The summed E-state index contributed by atoms with van der Waals surface area (Å²) < 4.78 is 37.7. The number of benzene rings is 3. The van der Waals surface area contributed by atoms with Gasteiger partial charge in [0.05, 0.1) is 37.3 Å². The molecule has 6 aromatic rings. The molecule has 53 heavy (non-hydrogen) atoms. The van der Waals surface area contributed by atoms with Crippen LogP contribution in [0.15, 0.2) is 48.5 Å². The Morgan fingerprint density at radius 2 is 1.83 bits per heavy atom. The van der Waals surface area contributed by atoms with E-state index in [-0.39, 0.29) is 17.6 Å². The maximum absolute atomic E-state index is 14.4. The van der Waals surface area contributed by atoms with Crippen LogP contribution in [0.3, 0.4) is 0 Å². The largest absolute Gasteiger partial charge is 0.493 e. The van der Waals surface area contributed by atoms with E-state index in [1.807, 2.05) is 59.1 Å². The third kappa shape index (κ3) is 7.17. The number of hydrogen-bond donors (Lipinski definition) is 1. The molecule has 1 aliphatic heterocycles. The first kappa shape index (κ1) is 37.0. The van der Waals surface area contributed by atoms with Gasteiger partial charge in [-0.2, -0.15) is 10.2 Å². The van der Waals surface area contributed by atoms with Crippen molar-refractivity contribution in [3.8, 4) is 16.9 Å². The van der Waals surface area contributed by atoms with Crippen LogP contribution in [0.2, 0.25) is 5.02 Å². The predicted octanol–water partition coefficient (Wildman–Crippen LogP) is 8.33. The minimum atomic E-state index is -1.02. The van der Waals surface area contributed by atoms with E-state index in [9.17, 15) is 14.3 Å². The van der Waals surface area contributed by atoms with Gasteiger partial charge in [-0.1, -0.05) is 17.7 Å². The normalized spacial score (nSPS) is 14.1. The first-order valence-electron chi connectivity index (χ1n) is 17.6. The number of nitrogens with zero attached hydrogens (tertiary/aromatic N) is 5. The number of halogens is 2. The number of aromatic carboxylic acids is 1. The summed E-state index contributed by atoms with van der Waals surface area (Å²) in [5, 5.41) is 23.5. The number of aryl methyl sites for hydroxylation is 5. The van der Waals surface area contributed by atoms with Crippen molar-refractivity contribution in [1.29, 1.82) is 0 Å². The van der Waals surface area contributed by atoms with E-state index in [0.29, 0.717) is 60.6 Å². The average Bonchev–Trinajstić information content (AvgIpc) is 3.74. The van der Waals surface area contributed by atoms with Gasteiger partial charge in [-0.25, -0.2) is 9.18 Å². The van der Waals surface area contributed by atoms with Gasteiger partial charge >= 0.3 is 5.97 Å². The highest BCUT2D eigenvalue weighted by Gasteiger charge is 2.29. The molecule has 10 nitrogen and oxygen atoms in total. The number of ether oxygens (including phenoxy) is 3. The molecule has 278 valence electrons. The van der Waals surface area contributed by atoms with Crippen LogP contribution < -0.4 is 4.74 Å². The van der Waals surface area contributed by atoms with Crippen LogP contribution in [0.25, 0.3) is 32.8 Å². The fourth-order valence-corrected chi connectivity index (χ4v) is 8.83. The summed E-state index contributed by atoms with van der Waals surface area (Å²) in [6.07, 6.45) is 2.00. The van der Waals surface area contributed by atoms with Gasteiger partial charge in [-0.05, 0) is 92.1 Å². The summed E-state index contributed by atoms with van der Waals surface area (Å²) >= 11 is 8.83. The van der Waals surface area contributed by atoms with Crippen LogP contribution in [0, 0.1) is 19.7 Å². The lowest BCUT2D eigenvalue weighted by Gasteiger charge is -2.18. The van der Waals surface area contributed by atoms with Gasteiger partial charge in [0.25, 0.3) is 0 Å². The number of rotatable bonds is 6. The quantitative estimate of drug-likeness (QED) is 0.181. The van der Waals surface area contributed by atoms with E-state index in [1.54, 1.807) is 32.0 Å². The number of carboxylic acid groups (broad SMARTS) is 1. The molecule has 7 rings (SSSR count). The standard InChI is InChI=1S/C40H43ClFN5O5S/c1-23-36-34-12-11-32(41)38(36)37-24(2)47(30(19-50-4)20-51-5)44-33(37)22-53-21-28-18-29(45(3)43-28)9-7-25-15-26-17-27(42)8-10-31(26)35(16-25)52-14-6-13-46(34)39(23)40(48)49/h8,10-12,15-18,30H,6-7,9,13-14,19-22H2,1-5H3,(H,48,49). The SMILES string of the molecule is COCC(COC)n1nc2c(c1C)-c1c(Cl)ccc3c1c(C)c(C(=O)O)n3CCCOc1cc(cc3cc(F)ccc13)CCc1cc(nn1C)CSC2. The highest BCUT2D eigenvalue weighted by Crippen LogP contribution is 2.44. The van der Waals surface area contributed by atoms with Crippen molar-refractivity contribution in [2.45, 2.75) is 57.2 Å². The molecule has 4 heterocycles. The third-order valence-corrected chi connectivity index (χ3v) is 11.4. The molecule has 0 spiro atoms. The molecule has 0 radical (unpaired) electrons. The van der Waals surface area contributed by atoms with Crippen LogP contribution in [0.5, 0.6) is 5.75 Å². The second kappa shape index (κ2) is 15.5. The highest BCUT2D eigenvalue weighted by molar-refractivity contribution is 7.97. The number of aromatic nitrogens is 5. The Bertz CT molecular complexity index is 2330. The molecule has 0 amide bonds. The van der Waals surface area contributed by atoms with Crippen molar-refractivity contribution in [2.24, 2.45) is 7.05 Å². The van der Waals surface area contributed by atoms with Crippen LogP contribution in [-0.4, -0.2) is 69.2 Å². The maximum atomic E-state index is 14.4. The lowest BCUT2D eigenvalue weighted by Crippen LogP contribution is -2.22. The van der Waals surface area contributed by atoms with Crippen molar-refractivity contribution in [1.82, 2.24) is 24.1 Å². The molecule has 0 unspecified atom stereocenters. The Morgan fingerprint density at radius 1 is 1.04 bits per heavy atom. The zero-order valence-corrected chi connectivity index (χ0v) is 32.1. The predicted molar refractivity (Wildman–Crippen MR) is 207 cm³/mol. The minimum Gasteiger partial charge on any atom is -0.493 e. The minimum absolute atomic E-state index is 0.187. The Balaban J connectivity index is 1.38. The number of fused-ring (bicyclic) bond motifs is 8. The van der Waals surface area contributed by atoms with Crippen LogP contribution in [0.1, 0.15) is 56.9 Å². The molecule has 0 saturated heterocycles. The molecular formula is C40H43ClFN5O5S. The molecule has 1 aliphatic rings. The van der Waals surface area contributed by atoms with Crippen molar-refractivity contribution in [3.63, 3.8) is 0 Å². The van der Waals surface area contributed by atoms with E-state index >= 15 is 0 Å². The first-order chi connectivity index (χ1) is 25.6. The van der Waals surface area contributed by atoms with Gasteiger partial charge in [-0.3, -0.25) is 9.36 Å². The molecule has 0 fully saturated rings. The summed E-state index contributed by atoms with van der Waals surface area (Å²) in [6.45, 7) is 5.38. The van der Waals surface area contributed by atoms with E-state index in [1.165, 1.54) is 12.1 Å². The van der Waals surface area contributed by atoms with Crippen molar-refractivity contribution >= 4 is 51.0 Å². The van der Waals surface area contributed by atoms with E-state index in [2.05, 4.69) is 6.07 Å². The second-order valence-corrected chi connectivity index (χ2v) is 15.0. The Hall–Kier alpha value is -4.36. The van der Waals surface area contributed by atoms with Crippen molar-refractivity contribution < 1.29 is 28.5 Å². The Morgan fingerprint density at radius 3 is 2.58 bits per heavy atom. The maximum Gasteiger partial charge on any atom is 0.352 e. The number of thioether (sulfide) groups is 1. The lowest BCUT2D eigenvalue weighted by molar-refractivity contribution is 0.0684. The van der Waals surface area contributed by atoms with Gasteiger partial charge in [-0.15, -0.1) is 11.8 Å². The Kier molecular flexibility index (Phi) is 10.8. The van der Waals surface area contributed by atoms with E-state index in [0.717, 1.165) is 74.0 Å². The van der Waals surface area contributed by atoms with E-state index < -0.39 is 5.97 Å². The summed E-state index contributed by atoms with van der Waals surface area (Å²) in [5.74, 6) is 0.568. The lowest BCUT2D eigenvalue weighted by atomic mass is 9.97. The molecule has 0 aliphatic carbocycles. The summed E-state index contributed by atoms with van der Waals surface area (Å²) in [7, 11) is 5.28. The van der Waals surface area contributed by atoms with Crippen LogP contribution >= 0.6 is 23.4 Å². The van der Waals surface area contributed by atoms with Crippen LogP contribution in [0.4, 0.5) is 4.39 Å². The number of methoxy groups -OCH3 is 2. The topological polar surface area (TPSA) is 106 Å². The Labute approximate surface area is 316 Å². The zero-order valence-electron chi connectivity index (χ0n) is 30.5. The molecular weight excluding hydrogens is 717 g/mol. The molecule has 3 aromatic heterocycles. The van der Waals surface area contributed by atoms with Gasteiger partial charge in [0, 0.05) is 83.1 Å². The van der Waals surface area contributed by atoms with Gasteiger partial charge in [0.15, 0.2) is 0 Å². The number of carbonyl (C=O) groups is 1. The van der Waals surface area contributed by atoms with Gasteiger partial charge in [0.2, 0.25) is 0 Å². The third-order valence-electron chi connectivity index (χ3n) is 10.1. The molecule has 8 bridgehead atoms. The fourth-order valence-electron chi connectivity index (χ4n) is 7.73. The first-order valence-corrected chi connectivity index (χ1v) is 19.2. The fraction of sp³-hybridized carbons (Fsp3) is 0.375. The highest BCUT2D eigenvalue weighted by atomic mass is 35.5. The van der Waals surface area contributed by atoms with E-state index in [4.69, 9.17) is 36.0 Å². The number of carboxylic acids is 1. The summed E-state index contributed by atoms with van der Waals surface area (Å²) in [6, 6.07) is 14.5. The molecule has 1 N–H and O–H groups in total.